The van der Waals surface area contributed by atoms with Crippen molar-refractivity contribution in [2.75, 3.05) is 19.4 Å². The number of aryl methyl sites for hydroxylation is 2. The van der Waals surface area contributed by atoms with Gasteiger partial charge in [0.15, 0.2) is 0 Å². The van der Waals surface area contributed by atoms with Crippen molar-refractivity contribution in [3.63, 3.8) is 0 Å². The summed E-state index contributed by atoms with van der Waals surface area (Å²) in [4.78, 5) is 12.6. The minimum Gasteiger partial charge on any atom is -0.322 e. The van der Waals surface area contributed by atoms with E-state index in [1.54, 1.807) is 32.0 Å². The van der Waals surface area contributed by atoms with Gasteiger partial charge in [-0.05, 0) is 61.9 Å². The molecule has 0 saturated carbocycles. The second kappa shape index (κ2) is 9.23. The van der Waals surface area contributed by atoms with E-state index in [9.17, 15) is 17.6 Å². The van der Waals surface area contributed by atoms with Crippen LogP contribution < -0.4 is 5.32 Å². The third kappa shape index (κ3) is 4.90. The zero-order valence-corrected chi connectivity index (χ0v) is 19.5. The fraction of sp³-hybridized carbons (Fsp3) is 0.182. The highest BCUT2D eigenvalue weighted by molar-refractivity contribution is 7.89. The lowest BCUT2D eigenvalue weighted by Gasteiger charge is -2.14. The second-order valence-corrected chi connectivity index (χ2v) is 9.77. The summed E-state index contributed by atoms with van der Waals surface area (Å²) in [5.41, 5.74) is 2.79. The zero-order chi connectivity index (χ0) is 23.6. The van der Waals surface area contributed by atoms with Gasteiger partial charge in [0.2, 0.25) is 15.9 Å². The van der Waals surface area contributed by atoms with Gasteiger partial charge < -0.3 is 5.32 Å². The molecule has 0 aliphatic carbocycles. The summed E-state index contributed by atoms with van der Waals surface area (Å²) in [5.74, 6) is -0.833. The first-order valence-electron chi connectivity index (χ1n) is 9.54. The van der Waals surface area contributed by atoms with Crippen LogP contribution in [0.5, 0.6) is 0 Å². The Balaban J connectivity index is 1.83. The summed E-state index contributed by atoms with van der Waals surface area (Å²) in [6.07, 6.45) is 2.81. The molecule has 10 heteroatoms. The van der Waals surface area contributed by atoms with Gasteiger partial charge in [-0.15, -0.1) is 0 Å². The van der Waals surface area contributed by atoms with Crippen molar-refractivity contribution >= 4 is 39.3 Å². The van der Waals surface area contributed by atoms with Gasteiger partial charge in [-0.1, -0.05) is 17.7 Å². The van der Waals surface area contributed by atoms with Crippen molar-refractivity contribution in [2.24, 2.45) is 0 Å². The number of nitrogens with zero attached hydrogens (tertiary/aromatic N) is 3. The molecule has 2 aromatic carbocycles. The monoisotopic (exact) mass is 476 g/mol. The molecule has 0 aliphatic rings. The first-order chi connectivity index (χ1) is 15.0. The maximum absolute atomic E-state index is 13.2. The lowest BCUT2D eigenvalue weighted by Crippen LogP contribution is -2.22. The first kappa shape index (κ1) is 23.6. The molecule has 1 N–H and O–H groups in total. The Hall–Kier alpha value is -3.01. The Kier molecular flexibility index (Phi) is 6.82. The Morgan fingerprint density at radius 3 is 2.44 bits per heavy atom. The fourth-order valence-corrected chi connectivity index (χ4v) is 4.16. The minimum atomic E-state index is -3.63. The summed E-state index contributed by atoms with van der Waals surface area (Å²) in [7, 11) is -0.755. The number of carbonyl (C=O) groups excluding carboxylic acids is 1. The number of aromatic nitrogens is 2. The highest BCUT2D eigenvalue weighted by atomic mass is 35.5. The number of anilines is 1. The molecule has 32 heavy (non-hydrogen) atoms. The molecular formula is C22H22ClFN4O3S. The quantitative estimate of drug-likeness (QED) is 0.541. The first-order valence-corrected chi connectivity index (χ1v) is 11.4. The van der Waals surface area contributed by atoms with E-state index in [0.717, 1.165) is 4.31 Å². The van der Waals surface area contributed by atoms with Gasteiger partial charge in [0.25, 0.3) is 0 Å². The van der Waals surface area contributed by atoms with Crippen molar-refractivity contribution in [1.29, 1.82) is 0 Å². The maximum Gasteiger partial charge on any atom is 0.248 e. The molecule has 0 bridgehead atoms. The smallest absolute Gasteiger partial charge is 0.248 e. The van der Waals surface area contributed by atoms with Crippen molar-refractivity contribution in [2.45, 2.75) is 18.7 Å². The summed E-state index contributed by atoms with van der Waals surface area (Å²) < 4.78 is 40.5. The van der Waals surface area contributed by atoms with Gasteiger partial charge in [0.05, 0.1) is 16.3 Å². The lowest BCUT2D eigenvalue weighted by atomic mass is 10.2. The van der Waals surface area contributed by atoms with E-state index >= 15 is 0 Å². The number of benzene rings is 2. The predicted octanol–water partition coefficient (Wildman–Crippen LogP) is 4.18. The molecule has 0 saturated heterocycles. The molecule has 3 aromatic rings. The highest BCUT2D eigenvalue weighted by Crippen LogP contribution is 2.25. The van der Waals surface area contributed by atoms with Crippen molar-refractivity contribution < 1.29 is 17.6 Å². The number of amides is 1. The molecule has 168 valence electrons. The third-order valence-electron chi connectivity index (χ3n) is 4.77. The average molecular weight is 477 g/mol. The molecule has 0 atom stereocenters. The van der Waals surface area contributed by atoms with Crippen LogP contribution >= 0.6 is 11.6 Å². The third-order valence-corrected chi connectivity index (χ3v) is 6.94. The van der Waals surface area contributed by atoms with E-state index in [0.29, 0.717) is 28.2 Å². The van der Waals surface area contributed by atoms with Crippen molar-refractivity contribution in [1.82, 2.24) is 14.1 Å². The number of nitrogens with one attached hydrogen (secondary N) is 1. The second-order valence-electron chi connectivity index (χ2n) is 7.26. The standard InChI is InChI=1S/C22H22ClFN4O3S/c1-14-5-10-18(32(30,31)27(3)4)13-20(14)25-21(29)12-11-19-15(2)26-28(22(19)23)17-8-6-16(24)7-9-17/h5-13H,1-4H3,(H,25,29)/b12-11+. The van der Waals surface area contributed by atoms with Crippen LogP contribution in [0, 0.1) is 19.7 Å². The Morgan fingerprint density at radius 1 is 1.16 bits per heavy atom. The Morgan fingerprint density at radius 2 is 1.81 bits per heavy atom. The number of halogens is 2. The number of hydrogen-bond acceptors (Lipinski definition) is 4. The van der Waals surface area contributed by atoms with Crippen LogP contribution in [0.4, 0.5) is 10.1 Å². The van der Waals surface area contributed by atoms with Gasteiger partial charge in [-0.2, -0.15) is 5.10 Å². The van der Waals surface area contributed by atoms with Crippen LogP contribution in [0.3, 0.4) is 0 Å². The Labute approximate surface area is 191 Å². The van der Waals surface area contributed by atoms with Crippen LogP contribution in [0.25, 0.3) is 11.8 Å². The van der Waals surface area contributed by atoms with Gasteiger partial charge in [-0.3, -0.25) is 4.79 Å². The largest absolute Gasteiger partial charge is 0.322 e. The Bertz CT molecular complexity index is 1300. The summed E-state index contributed by atoms with van der Waals surface area (Å²) in [5, 5.41) is 7.32. The van der Waals surface area contributed by atoms with Gasteiger partial charge >= 0.3 is 0 Å². The van der Waals surface area contributed by atoms with E-state index in [1.165, 1.54) is 55.2 Å². The number of rotatable bonds is 6. The zero-order valence-electron chi connectivity index (χ0n) is 17.9. The minimum absolute atomic E-state index is 0.0758. The molecule has 3 rings (SSSR count). The summed E-state index contributed by atoms with van der Waals surface area (Å²) >= 11 is 6.43. The molecule has 0 radical (unpaired) electrons. The topological polar surface area (TPSA) is 84.3 Å². The highest BCUT2D eigenvalue weighted by Gasteiger charge is 2.18. The average Bonchev–Trinajstić information content (AvgIpc) is 3.02. The number of carbonyl (C=O) groups is 1. The van der Waals surface area contributed by atoms with Crippen LogP contribution in [-0.4, -0.2) is 42.5 Å². The molecule has 7 nitrogen and oxygen atoms in total. The van der Waals surface area contributed by atoms with E-state index < -0.39 is 15.9 Å². The van der Waals surface area contributed by atoms with Gasteiger partial charge in [0, 0.05) is 31.4 Å². The molecule has 1 heterocycles. The van der Waals surface area contributed by atoms with Gasteiger partial charge in [0.1, 0.15) is 11.0 Å². The molecule has 0 fully saturated rings. The molecule has 1 aromatic heterocycles. The molecule has 0 spiro atoms. The summed E-state index contributed by atoms with van der Waals surface area (Å²) in [6.45, 7) is 3.50. The molecular weight excluding hydrogens is 455 g/mol. The van der Waals surface area contributed by atoms with Crippen LogP contribution in [0.1, 0.15) is 16.8 Å². The maximum atomic E-state index is 13.2. The van der Waals surface area contributed by atoms with Crippen molar-refractivity contribution in [3.05, 3.63) is 76.3 Å². The normalized spacial score (nSPS) is 12.0. The molecule has 0 aliphatic heterocycles. The summed E-state index contributed by atoms with van der Waals surface area (Å²) in [6, 6.07) is 10.2. The van der Waals surface area contributed by atoms with E-state index in [-0.39, 0.29) is 15.9 Å². The van der Waals surface area contributed by atoms with Crippen LogP contribution in [0.2, 0.25) is 5.15 Å². The van der Waals surface area contributed by atoms with E-state index in [2.05, 4.69) is 10.4 Å². The predicted molar refractivity (Wildman–Crippen MR) is 123 cm³/mol. The van der Waals surface area contributed by atoms with Crippen LogP contribution in [0.15, 0.2) is 53.4 Å². The lowest BCUT2D eigenvalue weighted by molar-refractivity contribution is -0.111. The number of sulfonamides is 1. The molecule has 0 unspecified atom stereocenters. The van der Waals surface area contributed by atoms with E-state index in [1.807, 2.05) is 0 Å². The fourth-order valence-electron chi connectivity index (χ4n) is 2.89. The van der Waals surface area contributed by atoms with Gasteiger partial charge in [-0.25, -0.2) is 21.8 Å². The van der Waals surface area contributed by atoms with Crippen LogP contribution in [-0.2, 0) is 14.8 Å². The van der Waals surface area contributed by atoms with E-state index in [4.69, 9.17) is 11.6 Å². The molecule has 1 amide bonds. The number of hydrogen-bond donors (Lipinski definition) is 1. The van der Waals surface area contributed by atoms with Crippen molar-refractivity contribution in [3.8, 4) is 5.69 Å². The SMILES string of the molecule is Cc1ccc(S(=O)(=O)N(C)C)cc1NC(=O)/C=C/c1c(C)nn(-c2ccc(F)cc2)c1Cl.